The summed E-state index contributed by atoms with van der Waals surface area (Å²) in [5.41, 5.74) is 0.634. The molecule has 0 bridgehead atoms. The number of hydrogen-bond donors (Lipinski definition) is 1. The lowest BCUT2D eigenvalue weighted by atomic mass is 10.2. The monoisotopic (exact) mass is 357 g/mol. The number of carboxylic acid groups (broad SMARTS) is 1. The van der Waals surface area contributed by atoms with Crippen molar-refractivity contribution in [1.29, 1.82) is 0 Å². The maximum atomic E-state index is 11.1. The van der Waals surface area contributed by atoms with Crippen molar-refractivity contribution in [3.63, 3.8) is 0 Å². The predicted octanol–water partition coefficient (Wildman–Crippen LogP) is 1.95. The number of piperazine rings is 1. The van der Waals surface area contributed by atoms with Crippen molar-refractivity contribution in [1.82, 2.24) is 4.90 Å². The van der Waals surface area contributed by atoms with Crippen LogP contribution in [0, 0.1) is 10.1 Å². The lowest BCUT2D eigenvalue weighted by molar-refractivity contribution is -0.384. The average molecular weight is 358 g/mol. The van der Waals surface area contributed by atoms with Crippen LogP contribution in [0.2, 0.25) is 0 Å². The number of halogens is 1. The number of nitro groups is 1. The van der Waals surface area contributed by atoms with Crippen molar-refractivity contribution >= 4 is 33.3 Å². The van der Waals surface area contributed by atoms with Gasteiger partial charge in [-0.3, -0.25) is 19.8 Å². The van der Waals surface area contributed by atoms with Crippen molar-refractivity contribution in [2.45, 2.75) is 13.0 Å². The largest absolute Gasteiger partial charge is 0.480 e. The second kappa shape index (κ2) is 6.40. The maximum absolute atomic E-state index is 11.1. The number of carboxylic acids is 1. The molecule has 1 aromatic rings. The molecule has 1 aromatic carbocycles. The van der Waals surface area contributed by atoms with E-state index in [1.165, 1.54) is 6.07 Å². The number of rotatable bonds is 4. The Morgan fingerprint density at radius 3 is 2.52 bits per heavy atom. The summed E-state index contributed by atoms with van der Waals surface area (Å²) in [4.78, 5) is 25.5. The summed E-state index contributed by atoms with van der Waals surface area (Å²) in [6.45, 7) is 3.93. The minimum atomic E-state index is -0.849. The van der Waals surface area contributed by atoms with Crippen LogP contribution in [0.1, 0.15) is 6.92 Å². The maximum Gasteiger partial charge on any atom is 0.320 e. The Hall–Kier alpha value is -1.67. The number of hydrogen-bond acceptors (Lipinski definition) is 5. The molecule has 1 saturated heterocycles. The van der Waals surface area contributed by atoms with Crippen molar-refractivity contribution in [2.75, 3.05) is 31.1 Å². The van der Waals surface area contributed by atoms with E-state index in [2.05, 4.69) is 15.9 Å². The summed E-state index contributed by atoms with van der Waals surface area (Å²) in [6, 6.07) is 4.45. The minimum Gasteiger partial charge on any atom is -0.480 e. The topological polar surface area (TPSA) is 86.9 Å². The predicted molar refractivity (Wildman–Crippen MR) is 81.7 cm³/mol. The van der Waals surface area contributed by atoms with Gasteiger partial charge in [-0.05, 0) is 19.1 Å². The van der Waals surface area contributed by atoms with Gasteiger partial charge in [-0.1, -0.05) is 15.9 Å². The van der Waals surface area contributed by atoms with E-state index in [-0.39, 0.29) is 5.69 Å². The number of aliphatic carboxylic acids is 1. The molecule has 21 heavy (non-hydrogen) atoms. The molecule has 7 nitrogen and oxygen atoms in total. The van der Waals surface area contributed by atoms with Gasteiger partial charge in [-0.15, -0.1) is 0 Å². The third-order valence-electron chi connectivity index (χ3n) is 3.69. The molecule has 0 spiro atoms. The molecule has 0 amide bonds. The van der Waals surface area contributed by atoms with Gasteiger partial charge in [0.1, 0.15) is 11.7 Å². The first kappa shape index (κ1) is 15.7. The van der Waals surface area contributed by atoms with Crippen LogP contribution in [0.15, 0.2) is 22.7 Å². The lowest BCUT2D eigenvalue weighted by Crippen LogP contribution is -2.51. The van der Waals surface area contributed by atoms with Crippen LogP contribution in [0.4, 0.5) is 11.4 Å². The van der Waals surface area contributed by atoms with Crippen molar-refractivity contribution < 1.29 is 14.8 Å². The summed E-state index contributed by atoms with van der Waals surface area (Å²) >= 11 is 3.24. The van der Waals surface area contributed by atoms with Crippen LogP contribution in [-0.4, -0.2) is 53.1 Å². The highest BCUT2D eigenvalue weighted by Crippen LogP contribution is 2.31. The van der Waals surface area contributed by atoms with Crippen molar-refractivity contribution in [3.05, 3.63) is 32.8 Å². The highest BCUT2D eigenvalue weighted by Gasteiger charge is 2.28. The molecule has 0 radical (unpaired) electrons. The first-order valence-corrected chi connectivity index (χ1v) is 7.35. The van der Waals surface area contributed by atoms with Gasteiger partial charge in [-0.2, -0.15) is 0 Å². The summed E-state index contributed by atoms with van der Waals surface area (Å²) in [5, 5.41) is 20.2. The molecule has 1 aliphatic rings. The smallest absolute Gasteiger partial charge is 0.320 e. The summed E-state index contributed by atoms with van der Waals surface area (Å²) < 4.78 is 0.663. The van der Waals surface area contributed by atoms with Crippen LogP contribution in [0.5, 0.6) is 0 Å². The Labute approximate surface area is 130 Å². The average Bonchev–Trinajstić information content (AvgIpc) is 2.46. The van der Waals surface area contributed by atoms with E-state index in [4.69, 9.17) is 5.11 Å². The molecule has 2 rings (SSSR count). The normalized spacial score (nSPS) is 17.5. The summed E-state index contributed by atoms with van der Waals surface area (Å²) in [5.74, 6) is -0.849. The third kappa shape index (κ3) is 3.51. The second-order valence-electron chi connectivity index (χ2n) is 4.93. The van der Waals surface area contributed by atoms with E-state index in [1.54, 1.807) is 19.1 Å². The van der Waals surface area contributed by atoms with Gasteiger partial charge in [-0.25, -0.2) is 0 Å². The van der Waals surface area contributed by atoms with Crippen LogP contribution in [-0.2, 0) is 4.79 Å². The molecular formula is C13H16BrN3O4. The quantitative estimate of drug-likeness (QED) is 0.654. The first-order chi connectivity index (χ1) is 9.90. The zero-order chi connectivity index (χ0) is 15.6. The van der Waals surface area contributed by atoms with Gasteiger partial charge in [0.15, 0.2) is 0 Å². The van der Waals surface area contributed by atoms with Gasteiger partial charge >= 0.3 is 5.97 Å². The fraction of sp³-hybridized carbons (Fsp3) is 0.462. The summed E-state index contributed by atoms with van der Waals surface area (Å²) in [6.07, 6.45) is 0. The molecule has 8 heteroatoms. The summed E-state index contributed by atoms with van der Waals surface area (Å²) in [7, 11) is 0. The fourth-order valence-electron chi connectivity index (χ4n) is 2.42. The minimum absolute atomic E-state index is 0.0594. The zero-order valence-electron chi connectivity index (χ0n) is 11.5. The fourth-order valence-corrected chi connectivity index (χ4v) is 2.77. The molecule has 1 aliphatic heterocycles. The molecule has 0 aromatic heterocycles. The number of nitrogens with zero attached hydrogens (tertiary/aromatic N) is 3. The second-order valence-corrected chi connectivity index (χ2v) is 5.84. The van der Waals surface area contributed by atoms with Gasteiger partial charge in [0.25, 0.3) is 5.69 Å². The molecule has 0 aliphatic carbocycles. The Kier molecular flexibility index (Phi) is 4.79. The molecule has 114 valence electrons. The number of nitro benzene ring substituents is 1. The molecule has 1 unspecified atom stereocenters. The Morgan fingerprint density at radius 2 is 2.00 bits per heavy atom. The van der Waals surface area contributed by atoms with E-state index in [0.29, 0.717) is 36.3 Å². The van der Waals surface area contributed by atoms with Crippen LogP contribution in [0.25, 0.3) is 0 Å². The van der Waals surface area contributed by atoms with E-state index in [1.807, 2.05) is 9.80 Å². The van der Waals surface area contributed by atoms with Crippen LogP contribution < -0.4 is 4.90 Å². The molecule has 1 N–H and O–H groups in total. The Bertz CT molecular complexity index is 558. The Balaban J connectivity index is 2.12. The first-order valence-electron chi connectivity index (χ1n) is 6.56. The number of carbonyl (C=O) groups is 1. The molecular weight excluding hydrogens is 342 g/mol. The number of anilines is 1. The van der Waals surface area contributed by atoms with Crippen LogP contribution >= 0.6 is 15.9 Å². The molecule has 0 saturated carbocycles. The Morgan fingerprint density at radius 1 is 1.38 bits per heavy atom. The van der Waals surface area contributed by atoms with E-state index >= 15 is 0 Å². The van der Waals surface area contributed by atoms with Gasteiger partial charge < -0.3 is 10.0 Å². The standard InChI is InChI=1S/C13H16BrN3O4/c1-9(13(18)19)15-4-6-16(7-5-15)11-3-2-10(14)8-12(11)17(20)21/h2-3,8-9H,4-7H2,1H3,(H,18,19). The van der Waals surface area contributed by atoms with Crippen LogP contribution in [0.3, 0.4) is 0 Å². The van der Waals surface area contributed by atoms with E-state index < -0.39 is 16.9 Å². The van der Waals surface area contributed by atoms with Gasteiger partial charge in [0, 0.05) is 36.7 Å². The highest BCUT2D eigenvalue weighted by atomic mass is 79.9. The van der Waals surface area contributed by atoms with Gasteiger partial charge in [0.05, 0.1) is 4.92 Å². The molecule has 1 heterocycles. The third-order valence-corrected chi connectivity index (χ3v) is 4.19. The highest BCUT2D eigenvalue weighted by molar-refractivity contribution is 9.10. The lowest BCUT2D eigenvalue weighted by Gasteiger charge is -2.37. The SMILES string of the molecule is CC(C(=O)O)N1CCN(c2ccc(Br)cc2[N+](=O)[O-])CC1. The molecule has 1 fully saturated rings. The number of benzene rings is 1. The van der Waals surface area contributed by atoms with E-state index in [0.717, 1.165) is 0 Å². The molecule has 1 atom stereocenters. The van der Waals surface area contributed by atoms with Crippen molar-refractivity contribution in [2.24, 2.45) is 0 Å². The van der Waals surface area contributed by atoms with Gasteiger partial charge in [0.2, 0.25) is 0 Å². The van der Waals surface area contributed by atoms with E-state index in [9.17, 15) is 14.9 Å². The van der Waals surface area contributed by atoms with Crippen molar-refractivity contribution in [3.8, 4) is 0 Å². The zero-order valence-corrected chi connectivity index (χ0v) is 13.1.